The Hall–Kier alpha value is -1.67. The van der Waals surface area contributed by atoms with E-state index >= 15 is 0 Å². The number of carbonyl (C=O) groups excluding carboxylic acids is 2. The van der Waals surface area contributed by atoms with Crippen LogP contribution in [0.5, 0.6) is 0 Å². The van der Waals surface area contributed by atoms with Crippen LogP contribution in [0, 0.1) is 0 Å². The molecule has 4 rings (SSSR count). The number of nitrogens with zero attached hydrogens (tertiary/aromatic N) is 3. The number of likely N-dealkylation sites (N-methyl/N-ethyl adjacent to an activating group) is 1. The summed E-state index contributed by atoms with van der Waals surface area (Å²) in [7, 11) is 2.10. The summed E-state index contributed by atoms with van der Waals surface area (Å²) in [5.74, 6) is 0.279. The predicted octanol–water partition coefficient (Wildman–Crippen LogP) is 1.35. The van der Waals surface area contributed by atoms with E-state index in [-0.39, 0.29) is 29.9 Å². The molecule has 3 saturated heterocycles. The number of likely N-dealkylation sites (tertiary alicyclic amines) is 1. The molecule has 2 amide bonds. The first-order valence-corrected chi connectivity index (χ1v) is 11.2. The van der Waals surface area contributed by atoms with Crippen LogP contribution in [0.1, 0.15) is 24.8 Å². The molecule has 1 aromatic rings. The topological polar surface area (TPSA) is 65.1 Å². The van der Waals surface area contributed by atoms with E-state index in [4.69, 9.17) is 16.3 Å². The molecule has 3 heterocycles. The van der Waals surface area contributed by atoms with Crippen molar-refractivity contribution in [1.82, 2.24) is 20.0 Å². The fourth-order valence-electron chi connectivity index (χ4n) is 4.96. The molecule has 3 aliphatic heterocycles. The minimum absolute atomic E-state index is 0.0911. The fraction of sp³-hybridized carbons (Fsp3) is 0.636. The van der Waals surface area contributed by atoms with Gasteiger partial charge in [0.05, 0.1) is 13.2 Å². The highest BCUT2D eigenvalue weighted by Gasteiger charge is 2.44. The van der Waals surface area contributed by atoms with Gasteiger partial charge in [-0.1, -0.05) is 23.7 Å². The predicted molar refractivity (Wildman–Crippen MR) is 115 cm³/mol. The van der Waals surface area contributed by atoms with Crippen molar-refractivity contribution in [3.05, 3.63) is 34.9 Å². The number of rotatable bonds is 5. The molecule has 1 N–H and O–H groups in total. The van der Waals surface area contributed by atoms with Crippen molar-refractivity contribution in [3.63, 3.8) is 0 Å². The lowest BCUT2D eigenvalue weighted by molar-refractivity contribution is -0.135. The Kier molecular flexibility index (Phi) is 6.93. The molecule has 3 fully saturated rings. The molecule has 0 aliphatic carbocycles. The van der Waals surface area contributed by atoms with Gasteiger partial charge in [0, 0.05) is 56.3 Å². The summed E-state index contributed by atoms with van der Waals surface area (Å²) < 4.78 is 5.33. The minimum atomic E-state index is -0.172. The lowest BCUT2D eigenvalue weighted by Gasteiger charge is -2.33. The standard InChI is InChI=1S/C22H31ClN4O3/c1-25-18(5-6-20(28)26-9-11-30-12-10-26)14-24-22(29)21-19(25)7-8-27(21)15-16-3-2-4-17(23)13-16/h2-4,13,18-19,21H,5-12,14-15H2,1H3,(H,24,29)/t18-,19-,21-/m0/s1. The summed E-state index contributed by atoms with van der Waals surface area (Å²) >= 11 is 6.14. The first kappa shape index (κ1) is 21.6. The first-order chi connectivity index (χ1) is 14.5. The number of nitrogens with one attached hydrogen (secondary N) is 1. The monoisotopic (exact) mass is 434 g/mol. The Morgan fingerprint density at radius 2 is 2.07 bits per heavy atom. The van der Waals surface area contributed by atoms with E-state index < -0.39 is 0 Å². The summed E-state index contributed by atoms with van der Waals surface area (Å²) in [5, 5.41) is 3.85. The van der Waals surface area contributed by atoms with Crippen LogP contribution in [0.15, 0.2) is 24.3 Å². The molecule has 7 nitrogen and oxygen atoms in total. The van der Waals surface area contributed by atoms with Gasteiger partial charge in [0.1, 0.15) is 6.04 Å². The van der Waals surface area contributed by atoms with Crippen LogP contribution in [0.2, 0.25) is 5.02 Å². The lowest BCUT2D eigenvalue weighted by atomic mass is 10.0. The summed E-state index contributed by atoms with van der Waals surface area (Å²) in [5.41, 5.74) is 1.12. The molecule has 3 atom stereocenters. The summed E-state index contributed by atoms with van der Waals surface area (Å²) in [6, 6.07) is 7.99. The van der Waals surface area contributed by atoms with Gasteiger partial charge in [0.15, 0.2) is 0 Å². The number of carbonyl (C=O) groups is 2. The Morgan fingerprint density at radius 1 is 1.27 bits per heavy atom. The molecule has 0 unspecified atom stereocenters. The minimum Gasteiger partial charge on any atom is -0.378 e. The third kappa shape index (κ3) is 4.80. The van der Waals surface area contributed by atoms with Crippen molar-refractivity contribution >= 4 is 23.4 Å². The van der Waals surface area contributed by atoms with E-state index in [2.05, 4.69) is 28.2 Å². The molecule has 1 aromatic carbocycles. The van der Waals surface area contributed by atoms with Crippen LogP contribution >= 0.6 is 11.6 Å². The third-order valence-electron chi connectivity index (χ3n) is 6.68. The van der Waals surface area contributed by atoms with Crippen LogP contribution in [-0.2, 0) is 20.9 Å². The fourth-order valence-corrected chi connectivity index (χ4v) is 5.17. The van der Waals surface area contributed by atoms with Crippen molar-refractivity contribution in [2.45, 2.75) is 43.9 Å². The second-order valence-corrected chi connectivity index (χ2v) is 8.93. The molecule has 0 saturated carbocycles. The van der Waals surface area contributed by atoms with E-state index in [1.807, 2.05) is 23.1 Å². The molecule has 164 valence electrons. The van der Waals surface area contributed by atoms with Crippen LogP contribution in [0.25, 0.3) is 0 Å². The van der Waals surface area contributed by atoms with Gasteiger partial charge in [0.25, 0.3) is 0 Å². The van der Waals surface area contributed by atoms with E-state index in [1.165, 1.54) is 0 Å². The average molecular weight is 435 g/mol. The number of ether oxygens (including phenoxy) is 1. The SMILES string of the molecule is CN1[C@@H](CCC(=O)N2CCOCC2)CNC(=O)[C@@H]2[C@@H]1CCN2Cc1cccc(Cl)c1. The Labute approximate surface area is 183 Å². The van der Waals surface area contributed by atoms with Crippen molar-refractivity contribution in [2.75, 3.05) is 46.4 Å². The van der Waals surface area contributed by atoms with Gasteiger partial charge in [-0.2, -0.15) is 0 Å². The molecule has 0 aromatic heterocycles. The highest BCUT2D eigenvalue weighted by molar-refractivity contribution is 6.30. The van der Waals surface area contributed by atoms with Crippen LogP contribution in [-0.4, -0.2) is 91.1 Å². The number of amides is 2. The molecule has 3 aliphatic rings. The summed E-state index contributed by atoms with van der Waals surface area (Å²) in [6.45, 7) is 4.78. The smallest absolute Gasteiger partial charge is 0.239 e. The van der Waals surface area contributed by atoms with E-state index in [1.54, 1.807) is 0 Å². The molecule has 0 radical (unpaired) electrons. The normalized spacial score (nSPS) is 28.1. The zero-order chi connectivity index (χ0) is 21.1. The van der Waals surface area contributed by atoms with Crippen molar-refractivity contribution in [1.29, 1.82) is 0 Å². The number of fused-ring (bicyclic) bond motifs is 1. The molecule has 8 heteroatoms. The average Bonchev–Trinajstić information content (AvgIpc) is 3.12. The van der Waals surface area contributed by atoms with Gasteiger partial charge in [-0.15, -0.1) is 0 Å². The first-order valence-electron chi connectivity index (χ1n) is 10.9. The molecule has 0 bridgehead atoms. The number of hydrogen-bond acceptors (Lipinski definition) is 5. The Morgan fingerprint density at radius 3 is 2.83 bits per heavy atom. The second kappa shape index (κ2) is 9.64. The van der Waals surface area contributed by atoms with Crippen molar-refractivity contribution < 1.29 is 14.3 Å². The number of halogens is 1. The van der Waals surface area contributed by atoms with E-state index in [0.29, 0.717) is 45.8 Å². The maximum Gasteiger partial charge on any atom is 0.239 e. The summed E-state index contributed by atoms with van der Waals surface area (Å²) in [4.78, 5) is 32.0. The largest absolute Gasteiger partial charge is 0.378 e. The molecular formula is C22H31ClN4O3. The third-order valence-corrected chi connectivity index (χ3v) is 6.91. The van der Waals surface area contributed by atoms with Gasteiger partial charge in [0.2, 0.25) is 11.8 Å². The molecule has 0 spiro atoms. The number of hydrogen-bond donors (Lipinski definition) is 1. The van der Waals surface area contributed by atoms with Crippen LogP contribution < -0.4 is 5.32 Å². The van der Waals surface area contributed by atoms with E-state index in [0.717, 1.165) is 30.0 Å². The summed E-state index contributed by atoms with van der Waals surface area (Å²) in [6.07, 6.45) is 2.21. The molecular weight excluding hydrogens is 404 g/mol. The zero-order valence-corrected chi connectivity index (χ0v) is 18.3. The zero-order valence-electron chi connectivity index (χ0n) is 17.6. The quantitative estimate of drug-likeness (QED) is 0.757. The van der Waals surface area contributed by atoms with Crippen LogP contribution in [0.4, 0.5) is 0 Å². The lowest BCUT2D eigenvalue weighted by Crippen LogP contribution is -2.49. The maximum absolute atomic E-state index is 12.9. The van der Waals surface area contributed by atoms with E-state index in [9.17, 15) is 9.59 Å². The number of benzene rings is 1. The van der Waals surface area contributed by atoms with Gasteiger partial charge < -0.3 is 15.0 Å². The van der Waals surface area contributed by atoms with Gasteiger partial charge in [-0.25, -0.2) is 0 Å². The maximum atomic E-state index is 12.9. The van der Waals surface area contributed by atoms with Gasteiger partial charge in [-0.3, -0.25) is 19.4 Å². The van der Waals surface area contributed by atoms with Crippen molar-refractivity contribution in [3.8, 4) is 0 Å². The van der Waals surface area contributed by atoms with Gasteiger partial charge in [-0.05, 0) is 37.6 Å². The van der Waals surface area contributed by atoms with Crippen LogP contribution in [0.3, 0.4) is 0 Å². The Bertz CT molecular complexity index is 771. The Balaban J connectivity index is 1.38. The van der Waals surface area contributed by atoms with Crippen molar-refractivity contribution in [2.24, 2.45) is 0 Å². The number of morpholine rings is 1. The second-order valence-electron chi connectivity index (χ2n) is 8.50. The molecule has 30 heavy (non-hydrogen) atoms. The highest BCUT2D eigenvalue weighted by atomic mass is 35.5. The van der Waals surface area contributed by atoms with Gasteiger partial charge >= 0.3 is 0 Å². The highest BCUT2D eigenvalue weighted by Crippen LogP contribution is 2.29.